The maximum absolute atomic E-state index is 3.51. The van der Waals surface area contributed by atoms with Gasteiger partial charge in [-0.1, -0.05) is 54.6 Å². The van der Waals surface area contributed by atoms with Gasteiger partial charge < -0.3 is 5.32 Å². The van der Waals surface area contributed by atoms with Gasteiger partial charge in [-0.05, 0) is 49.5 Å². The van der Waals surface area contributed by atoms with Gasteiger partial charge >= 0.3 is 0 Å². The van der Waals surface area contributed by atoms with Gasteiger partial charge in [0, 0.05) is 0 Å². The molecule has 0 fully saturated rings. The van der Waals surface area contributed by atoms with Crippen molar-refractivity contribution >= 4 is 0 Å². The summed E-state index contributed by atoms with van der Waals surface area (Å²) in [5.74, 6) is 0. The van der Waals surface area contributed by atoms with E-state index < -0.39 is 0 Å². The molecule has 0 unspecified atom stereocenters. The van der Waals surface area contributed by atoms with E-state index in [1.807, 2.05) is 0 Å². The fraction of sp³-hybridized carbons (Fsp3) is 0.294. The molecule has 0 aliphatic carbocycles. The minimum Gasteiger partial charge on any atom is -0.316 e. The fourth-order valence-corrected chi connectivity index (χ4v) is 2.12. The zero-order chi connectivity index (χ0) is 12.6. The van der Waals surface area contributed by atoms with Gasteiger partial charge in [-0.15, -0.1) is 0 Å². The van der Waals surface area contributed by atoms with E-state index in [0.717, 1.165) is 25.9 Å². The third kappa shape index (κ3) is 4.01. The van der Waals surface area contributed by atoms with Crippen molar-refractivity contribution in [2.45, 2.75) is 19.8 Å². The van der Waals surface area contributed by atoms with Gasteiger partial charge in [-0.25, -0.2) is 0 Å². The molecule has 2 aromatic carbocycles. The molecule has 2 rings (SSSR count). The van der Waals surface area contributed by atoms with Crippen molar-refractivity contribution in [3.05, 3.63) is 71.3 Å². The van der Waals surface area contributed by atoms with E-state index in [0.29, 0.717) is 0 Å². The van der Waals surface area contributed by atoms with Crippen LogP contribution in [-0.2, 0) is 12.8 Å². The van der Waals surface area contributed by atoms with Crippen molar-refractivity contribution in [2.24, 2.45) is 0 Å². The van der Waals surface area contributed by atoms with Crippen LogP contribution in [0.15, 0.2) is 54.6 Å². The maximum Gasteiger partial charge on any atom is -0.000812 e. The lowest BCUT2D eigenvalue weighted by Crippen LogP contribution is -2.20. The van der Waals surface area contributed by atoms with Gasteiger partial charge in [0.25, 0.3) is 0 Å². The molecule has 18 heavy (non-hydrogen) atoms. The van der Waals surface area contributed by atoms with Crippen molar-refractivity contribution in [2.75, 3.05) is 13.1 Å². The van der Waals surface area contributed by atoms with Crippen molar-refractivity contribution in [1.82, 2.24) is 5.32 Å². The molecule has 0 atom stereocenters. The molecule has 0 amide bonds. The van der Waals surface area contributed by atoms with E-state index >= 15 is 0 Å². The van der Waals surface area contributed by atoms with Gasteiger partial charge in [-0.3, -0.25) is 0 Å². The molecule has 1 heteroatoms. The van der Waals surface area contributed by atoms with E-state index in [1.54, 1.807) is 0 Å². The number of hydrogen-bond acceptors (Lipinski definition) is 1. The summed E-state index contributed by atoms with van der Waals surface area (Å²) in [6, 6.07) is 19.2. The largest absolute Gasteiger partial charge is 0.316 e. The summed E-state index contributed by atoms with van der Waals surface area (Å²) in [5, 5.41) is 3.51. The fourth-order valence-electron chi connectivity index (χ4n) is 2.12. The first-order valence-corrected chi connectivity index (χ1v) is 6.65. The normalized spacial score (nSPS) is 10.5. The third-order valence-corrected chi connectivity index (χ3v) is 3.27. The molecule has 0 bridgehead atoms. The minimum absolute atomic E-state index is 1.05. The van der Waals surface area contributed by atoms with Crippen LogP contribution in [0.4, 0.5) is 0 Å². The van der Waals surface area contributed by atoms with Crippen LogP contribution in [0.5, 0.6) is 0 Å². The zero-order valence-corrected chi connectivity index (χ0v) is 11.0. The first-order valence-electron chi connectivity index (χ1n) is 6.65. The van der Waals surface area contributed by atoms with Gasteiger partial charge in [0.2, 0.25) is 0 Å². The van der Waals surface area contributed by atoms with E-state index in [4.69, 9.17) is 0 Å². The smallest absolute Gasteiger partial charge is 0.000812 e. The van der Waals surface area contributed by atoms with Crippen LogP contribution in [0, 0.1) is 6.92 Å². The second-order valence-corrected chi connectivity index (χ2v) is 4.66. The van der Waals surface area contributed by atoms with Crippen LogP contribution < -0.4 is 5.32 Å². The third-order valence-electron chi connectivity index (χ3n) is 3.27. The lowest BCUT2D eigenvalue weighted by atomic mass is 10.1. The quantitative estimate of drug-likeness (QED) is 0.762. The highest BCUT2D eigenvalue weighted by molar-refractivity contribution is 5.25. The number of rotatable bonds is 6. The van der Waals surface area contributed by atoms with Crippen LogP contribution in [0.25, 0.3) is 0 Å². The van der Waals surface area contributed by atoms with Crippen LogP contribution in [-0.4, -0.2) is 13.1 Å². The standard InChI is InChI=1S/C17H21N/c1-15-7-5-6-10-17(15)12-14-18-13-11-16-8-3-2-4-9-16/h2-10,18H,11-14H2,1H3. The highest BCUT2D eigenvalue weighted by Crippen LogP contribution is 2.06. The van der Waals surface area contributed by atoms with E-state index in [9.17, 15) is 0 Å². The van der Waals surface area contributed by atoms with Gasteiger partial charge in [0.1, 0.15) is 0 Å². The molecular formula is C17H21N. The van der Waals surface area contributed by atoms with Gasteiger partial charge in [0.05, 0.1) is 0 Å². The van der Waals surface area contributed by atoms with E-state index in [1.165, 1.54) is 16.7 Å². The second kappa shape index (κ2) is 6.97. The monoisotopic (exact) mass is 239 g/mol. The molecule has 0 saturated carbocycles. The molecule has 0 aromatic heterocycles. The highest BCUT2D eigenvalue weighted by atomic mass is 14.8. The predicted octanol–water partition coefficient (Wildman–Crippen LogP) is 3.37. The Morgan fingerprint density at radius 3 is 2.22 bits per heavy atom. The lowest BCUT2D eigenvalue weighted by molar-refractivity contribution is 0.680. The summed E-state index contributed by atoms with van der Waals surface area (Å²) in [6.45, 7) is 4.28. The van der Waals surface area contributed by atoms with Crippen molar-refractivity contribution in [1.29, 1.82) is 0 Å². The molecule has 2 aromatic rings. The molecule has 0 saturated heterocycles. The summed E-state index contributed by atoms with van der Waals surface area (Å²) >= 11 is 0. The van der Waals surface area contributed by atoms with Crippen LogP contribution in [0.2, 0.25) is 0 Å². The first kappa shape index (κ1) is 12.8. The summed E-state index contributed by atoms with van der Waals surface area (Å²) < 4.78 is 0. The van der Waals surface area contributed by atoms with Crippen molar-refractivity contribution in [3.63, 3.8) is 0 Å². The van der Waals surface area contributed by atoms with Crippen LogP contribution in [0.3, 0.4) is 0 Å². The SMILES string of the molecule is Cc1ccccc1CCNCCc1ccccc1. The average Bonchev–Trinajstić information content (AvgIpc) is 2.42. The van der Waals surface area contributed by atoms with Gasteiger partial charge in [-0.2, -0.15) is 0 Å². The first-order chi connectivity index (χ1) is 8.86. The molecular weight excluding hydrogens is 218 g/mol. The Morgan fingerprint density at radius 1 is 0.778 bits per heavy atom. The van der Waals surface area contributed by atoms with Crippen LogP contribution >= 0.6 is 0 Å². The number of aryl methyl sites for hydroxylation is 1. The highest BCUT2D eigenvalue weighted by Gasteiger charge is 1.96. The number of nitrogens with one attached hydrogen (secondary N) is 1. The molecule has 94 valence electrons. The summed E-state index contributed by atoms with van der Waals surface area (Å²) in [6.07, 6.45) is 2.22. The molecule has 0 spiro atoms. The van der Waals surface area contributed by atoms with Crippen molar-refractivity contribution < 1.29 is 0 Å². The maximum atomic E-state index is 3.51. The lowest BCUT2D eigenvalue weighted by Gasteiger charge is -2.07. The van der Waals surface area contributed by atoms with E-state index in [2.05, 4.69) is 66.8 Å². The Balaban J connectivity index is 1.66. The molecule has 0 radical (unpaired) electrons. The van der Waals surface area contributed by atoms with Gasteiger partial charge in [0.15, 0.2) is 0 Å². The zero-order valence-electron chi connectivity index (χ0n) is 11.0. The Kier molecular flexibility index (Phi) is 4.98. The van der Waals surface area contributed by atoms with Crippen LogP contribution in [0.1, 0.15) is 16.7 Å². The Morgan fingerprint density at radius 2 is 1.44 bits per heavy atom. The Bertz CT molecular complexity index is 462. The van der Waals surface area contributed by atoms with Crippen molar-refractivity contribution in [3.8, 4) is 0 Å². The molecule has 0 aliphatic rings. The average molecular weight is 239 g/mol. The molecule has 1 nitrogen and oxygen atoms in total. The molecule has 1 N–H and O–H groups in total. The van der Waals surface area contributed by atoms with E-state index in [-0.39, 0.29) is 0 Å². The predicted molar refractivity (Wildman–Crippen MR) is 77.9 cm³/mol. The molecule has 0 aliphatic heterocycles. The molecule has 0 heterocycles. The number of hydrogen-bond donors (Lipinski definition) is 1. The summed E-state index contributed by atoms with van der Waals surface area (Å²) in [4.78, 5) is 0. The topological polar surface area (TPSA) is 12.0 Å². The Hall–Kier alpha value is -1.60. The minimum atomic E-state index is 1.05. The second-order valence-electron chi connectivity index (χ2n) is 4.66. The summed E-state index contributed by atoms with van der Waals surface area (Å²) in [5.41, 5.74) is 4.24. The summed E-state index contributed by atoms with van der Waals surface area (Å²) in [7, 11) is 0. The number of benzene rings is 2. The Labute approximate surface area is 110 Å².